The van der Waals surface area contributed by atoms with E-state index in [4.69, 9.17) is 4.74 Å². The summed E-state index contributed by atoms with van der Waals surface area (Å²) in [6, 6.07) is 14.9. The van der Waals surface area contributed by atoms with Crippen LogP contribution in [0.1, 0.15) is 11.1 Å². The van der Waals surface area contributed by atoms with Crippen LogP contribution in [0.25, 0.3) is 0 Å². The van der Waals surface area contributed by atoms with Gasteiger partial charge in [-0.15, -0.1) is 11.8 Å². The largest absolute Gasteiger partial charge is 0.384 e. The Bertz CT molecular complexity index is 607. The topological polar surface area (TPSA) is 21.3 Å². The van der Waals surface area contributed by atoms with Crippen LogP contribution in [0, 0.1) is 0 Å². The zero-order valence-electron chi connectivity index (χ0n) is 11.9. The third-order valence-electron chi connectivity index (χ3n) is 3.64. The smallest absolute Gasteiger partial charge is 0.0744 e. The van der Waals surface area contributed by atoms with E-state index in [9.17, 15) is 0 Å². The maximum Gasteiger partial charge on any atom is 0.0744 e. The molecule has 0 saturated carbocycles. The Balaban J connectivity index is 1.66. The van der Waals surface area contributed by atoms with Crippen LogP contribution >= 0.6 is 27.7 Å². The van der Waals surface area contributed by atoms with Gasteiger partial charge in [-0.05, 0) is 30.2 Å². The molecule has 2 aromatic carbocycles. The summed E-state index contributed by atoms with van der Waals surface area (Å²) in [7, 11) is 1.73. The molecule has 2 nitrogen and oxygen atoms in total. The maximum atomic E-state index is 5.30. The zero-order chi connectivity index (χ0) is 14.7. The molecule has 1 N–H and O–H groups in total. The zero-order valence-corrected chi connectivity index (χ0v) is 14.3. The van der Waals surface area contributed by atoms with E-state index in [2.05, 4.69) is 63.7 Å². The van der Waals surface area contributed by atoms with Crippen molar-refractivity contribution in [1.29, 1.82) is 0 Å². The van der Waals surface area contributed by atoms with Crippen LogP contribution in [-0.2, 0) is 17.8 Å². The molecule has 0 fully saturated rings. The number of halogens is 1. The van der Waals surface area contributed by atoms with E-state index in [1.165, 1.54) is 16.0 Å². The molecule has 0 aromatic heterocycles. The highest BCUT2D eigenvalue weighted by molar-refractivity contribution is 9.10. The van der Waals surface area contributed by atoms with Gasteiger partial charge >= 0.3 is 0 Å². The van der Waals surface area contributed by atoms with E-state index in [0.29, 0.717) is 11.9 Å². The summed E-state index contributed by atoms with van der Waals surface area (Å²) in [6.07, 6.45) is 1.14. The summed E-state index contributed by atoms with van der Waals surface area (Å²) in [5.41, 5.74) is 3.81. The van der Waals surface area contributed by atoms with Gasteiger partial charge in [-0.2, -0.15) is 0 Å². The number of methoxy groups -OCH3 is 1. The molecule has 0 aliphatic carbocycles. The van der Waals surface area contributed by atoms with Crippen molar-refractivity contribution in [3.8, 4) is 0 Å². The van der Waals surface area contributed by atoms with Crippen molar-refractivity contribution in [2.24, 2.45) is 0 Å². The molecule has 2 aromatic rings. The van der Waals surface area contributed by atoms with E-state index in [1.54, 1.807) is 7.11 Å². The molecule has 3 rings (SSSR count). The van der Waals surface area contributed by atoms with Gasteiger partial charge in [0.05, 0.1) is 6.61 Å². The van der Waals surface area contributed by atoms with Gasteiger partial charge in [0.1, 0.15) is 0 Å². The van der Waals surface area contributed by atoms with Crippen LogP contribution in [0.3, 0.4) is 0 Å². The quantitative estimate of drug-likeness (QED) is 0.829. The predicted octanol–water partition coefficient (Wildman–Crippen LogP) is 4.72. The van der Waals surface area contributed by atoms with Crippen molar-refractivity contribution in [2.75, 3.05) is 19.0 Å². The molecule has 21 heavy (non-hydrogen) atoms. The first-order valence-corrected chi connectivity index (χ1v) is 8.70. The number of anilines is 1. The average Bonchev–Trinajstić information content (AvgIpc) is 2.91. The third-order valence-corrected chi connectivity index (χ3v) is 5.70. The van der Waals surface area contributed by atoms with Gasteiger partial charge in [0.2, 0.25) is 0 Å². The molecule has 0 saturated heterocycles. The highest BCUT2D eigenvalue weighted by Gasteiger charge is 2.21. The third kappa shape index (κ3) is 3.44. The van der Waals surface area contributed by atoms with E-state index in [-0.39, 0.29) is 0 Å². The van der Waals surface area contributed by atoms with Gasteiger partial charge < -0.3 is 10.1 Å². The Morgan fingerprint density at radius 1 is 1.24 bits per heavy atom. The second kappa shape index (κ2) is 6.86. The Morgan fingerprint density at radius 2 is 2.10 bits per heavy atom. The van der Waals surface area contributed by atoms with Crippen LogP contribution in [0.4, 0.5) is 5.69 Å². The first-order valence-electron chi connectivity index (χ1n) is 7.02. The lowest BCUT2D eigenvalue weighted by molar-refractivity contribution is 0.185. The summed E-state index contributed by atoms with van der Waals surface area (Å²) < 4.78 is 6.39. The number of thioether (sulfide) groups is 1. The summed E-state index contributed by atoms with van der Waals surface area (Å²) in [5.74, 6) is 0. The van der Waals surface area contributed by atoms with Gasteiger partial charge in [-0.3, -0.25) is 0 Å². The van der Waals surface area contributed by atoms with Gasteiger partial charge in [-0.25, -0.2) is 0 Å². The van der Waals surface area contributed by atoms with Gasteiger partial charge in [0, 0.05) is 39.5 Å². The molecular formula is C17H18BrNOS. The molecule has 0 amide bonds. The molecule has 1 heterocycles. The van der Waals surface area contributed by atoms with E-state index >= 15 is 0 Å². The van der Waals surface area contributed by atoms with Crippen molar-refractivity contribution >= 4 is 33.4 Å². The Labute approximate surface area is 138 Å². The Morgan fingerprint density at radius 3 is 2.90 bits per heavy atom. The Kier molecular flexibility index (Phi) is 4.88. The average molecular weight is 364 g/mol. The number of fused-ring (bicyclic) bond motifs is 1. The molecule has 0 bridgehead atoms. The summed E-state index contributed by atoms with van der Waals surface area (Å²) >= 11 is 5.57. The van der Waals surface area contributed by atoms with E-state index in [1.807, 2.05) is 11.8 Å². The van der Waals surface area contributed by atoms with Crippen molar-refractivity contribution in [1.82, 2.24) is 0 Å². The minimum atomic E-state index is 0.594. The first kappa shape index (κ1) is 14.9. The lowest BCUT2D eigenvalue weighted by Crippen LogP contribution is -2.16. The second-order valence-corrected chi connectivity index (χ2v) is 7.33. The summed E-state index contributed by atoms with van der Waals surface area (Å²) in [4.78, 5) is 1.43. The molecule has 0 spiro atoms. The fourth-order valence-electron chi connectivity index (χ4n) is 2.61. The number of ether oxygens (including phenoxy) is 1. The monoisotopic (exact) mass is 363 g/mol. The lowest BCUT2D eigenvalue weighted by Gasteiger charge is -2.16. The van der Waals surface area contributed by atoms with Gasteiger partial charge in [-0.1, -0.05) is 40.2 Å². The minimum Gasteiger partial charge on any atom is -0.384 e. The highest BCUT2D eigenvalue weighted by atomic mass is 79.9. The number of nitrogens with one attached hydrogen (secondary N) is 1. The highest BCUT2D eigenvalue weighted by Crippen LogP contribution is 2.37. The van der Waals surface area contributed by atoms with E-state index < -0.39 is 0 Å². The van der Waals surface area contributed by atoms with Crippen LogP contribution in [0.2, 0.25) is 0 Å². The maximum absolute atomic E-state index is 5.30. The standard InChI is InChI=1S/C17H18BrNOS/c1-20-11-14-15(18)6-4-7-16(14)19-10-13-9-12-5-2-3-8-17(12)21-13/h2-8,13,19H,9-11H2,1H3. The normalized spacial score (nSPS) is 16.8. The number of hydrogen-bond acceptors (Lipinski definition) is 3. The fraction of sp³-hybridized carbons (Fsp3) is 0.294. The molecule has 1 aliphatic heterocycles. The first-order chi connectivity index (χ1) is 10.3. The molecule has 110 valence electrons. The number of rotatable bonds is 5. The molecule has 1 unspecified atom stereocenters. The lowest BCUT2D eigenvalue weighted by atomic mass is 10.1. The van der Waals surface area contributed by atoms with E-state index in [0.717, 1.165) is 23.1 Å². The van der Waals surface area contributed by atoms with Crippen molar-refractivity contribution in [2.45, 2.75) is 23.2 Å². The van der Waals surface area contributed by atoms with Crippen LogP contribution in [0.15, 0.2) is 51.8 Å². The second-order valence-electron chi connectivity index (χ2n) is 5.13. The van der Waals surface area contributed by atoms with Crippen LogP contribution < -0.4 is 5.32 Å². The number of hydrogen-bond donors (Lipinski definition) is 1. The SMILES string of the molecule is COCc1c(Br)cccc1NCC1Cc2ccccc2S1. The Hall–Kier alpha value is -0.970. The molecule has 0 radical (unpaired) electrons. The van der Waals surface area contributed by atoms with Gasteiger partial charge in [0.25, 0.3) is 0 Å². The van der Waals surface area contributed by atoms with Crippen molar-refractivity contribution in [3.05, 3.63) is 58.1 Å². The summed E-state index contributed by atoms with van der Waals surface area (Å²) in [5, 5.41) is 4.18. The van der Waals surface area contributed by atoms with Crippen LogP contribution in [0.5, 0.6) is 0 Å². The molecular weight excluding hydrogens is 346 g/mol. The van der Waals surface area contributed by atoms with Crippen molar-refractivity contribution in [3.63, 3.8) is 0 Å². The molecule has 1 atom stereocenters. The molecule has 4 heteroatoms. The van der Waals surface area contributed by atoms with Crippen LogP contribution in [-0.4, -0.2) is 18.9 Å². The fourth-order valence-corrected chi connectivity index (χ4v) is 4.34. The minimum absolute atomic E-state index is 0.594. The van der Waals surface area contributed by atoms with Gasteiger partial charge in [0.15, 0.2) is 0 Å². The predicted molar refractivity (Wildman–Crippen MR) is 93.1 cm³/mol. The number of benzene rings is 2. The van der Waals surface area contributed by atoms with Crippen molar-refractivity contribution < 1.29 is 4.74 Å². The molecule has 1 aliphatic rings. The summed E-state index contributed by atoms with van der Waals surface area (Å²) in [6.45, 7) is 1.58.